The first kappa shape index (κ1) is 24.6. The molecule has 168 valence electrons. The van der Waals surface area contributed by atoms with E-state index in [1.54, 1.807) is 6.26 Å². The van der Waals surface area contributed by atoms with E-state index in [1.807, 2.05) is 0 Å². The fourth-order valence-electron chi connectivity index (χ4n) is 2.64. The third kappa shape index (κ3) is 6.94. The number of nitrogens with one attached hydrogen (secondary N) is 3. The first-order valence-electron chi connectivity index (χ1n) is 9.14. The number of carbonyl (C=O) groups is 1. The third-order valence-corrected chi connectivity index (χ3v) is 4.94. The largest absolute Gasteiger partial charge is 0.617 e. The molecule has 1 unspecified atom stereocenters. The number of rotatable bonds is 7. The highest BCUT2D eigenvalue weighted by atomic mass is 32.2. The van der Waals surface area contributed by atoms with Crippen LogP contribution in [-0.2, 0) is 17.4 Å². The van der Waals surface area contributed by atoms with Crippen molar-refractivity contribution in [2.24, 2.45) is 0 Å². The molecule has 1 aromatic rings. The van der Waals surface area contributed by atoms with E-state index in [1.165, 1.54) is 32.2 Å². The fraction of sp³-hybridized carbons (Fsp3) is 0.350. The minimum atomic E-state index is -4.70. The van der Waals surface area contributed by atoms with Crippen molar-refractivity contribution in [3.8, 4) is 0 Å². The molecule has 0 radical (unpaired) electrons. The summed E-state index contributed by atoms with van der Waals surface area (Å²) in [6.07, 6.45) is 1.15. The van der Waals surface area contributed by atoms with Gasteiger partial charge in [0.1, 0.15) is 17.1 Å². The van der Waals surface area contributed by atoms with Crippen LogP contribution in [0.15, 0.2) is 53.4 Å². The van der Waals surface area contributed by atoms with Crippen LogP contribution in [0.25, 0.3) is 0 Å². The molecule has 1 atom stereocenters. The van der Waals surface area contributed by atoms with Crippen LogP contribution in [0.4, 0.5) is 13.2 Å². The zero-order valence-electron chi connectivity index (χ0n) is 17.1. The predicted molar refractivity (Wildman–Crippen MR) is 112 cm³/mol. The summed E-state index contributed by atoms with van der Waals surface area (Å²) in [5, 5.41) is 24.0. The average molecular weight is 456 g/mol. The molecule has 0 aromatic carbocycles. The zero-order chi connectivity index (χ0) is 23.4. The molecular weight excluding hydrogens is 433 g/mol. The maximum absolute atomic E-state index is 12.9. The van der Waals surface area contributed by atoms with Crippen LogP contribution in [0, 0.1) is 5.41 Å². The number of halogens is 3. The zero-order valence-corrected chi connectivity index (χ0v) is 17.9. The van der Waals surface area contributed by atoms with E-state index in [2.05, 4.69) is 15.6 Å². The van der Waals surface area contributed by atoms with Crippen LogP contribution in [0.2, 0.25) is 0 Å². The number of aromatic nitrogens is 1. The Balaban J connectivity index is 2.31. The molecule has 0 saturated carbocycles. The molecule has 7 nitrogen and oxygen atoms in total. The molecule has 0 saturated heterocycles. The molecule has 1 heterocycles. The number of amides is 1. The van der Waals surface area contributed by atoms with E-state index in [4.69, 9.17) is 5.41 Å². The molecule has 0 spiro atoms. The van der Waals surface area contributed by atoms with Gasteiger partial charge in [0.2, 0.25) is 0 Å². The molecule has 1 amide bonds. The van der Waals surface area contributed by atoms with Crippen molar-refractivity contribution in [2.45, 2.75) is 25.6 Å². The van der Waals surface area contributed by atoms with E-state index in [9.17, 15) is 27.6 Å². The minimum Gasteiger partial charge on any atom is -0.617 e. The summed E-state index contributed by atoms with van der Waals surface area (Å²) < 4.78 is 49.8. The Labute approximate surface area is 180 Å². The van der Waals surface area contributed by atoms with Gasteiger partial charge in [-0.05, 0) is 38.1 Å². The van der Waals surface area contributed by atoms with Gasteiger partial charge in [-0.3, -0.25) is 4.79 Å². The van der Waals surface area contributed by atoms with Gasteiger partial charge in [0.05, 0.1) is 24.1 Å². The van der Waals surface area contributed by atoms with Gasteiger partial charge in [-0.1, -0.05) is 17.2 Å². The normalized spacial score (nSPS) is 17.2. The monoisotopic (exact) mass is 456 g/mol. The summed E-state index contributed by atoms with van der Waals surface area (Å²) in [5.74, 6) is -0.495. The van der Waals surface area contributed by atoms with Gasteiger partial charge in [-0.25, -0.2) is 4.98 Å². The number of alkyl halides is 3. The Morgan fingerprint density at radius 2 is 2.00 bits per heavy atom. The summed E-state index contributed by atoms with van der Waals surface area (Å²) in [6, 6.07) is 2.98. The van der Waals surface area contributed by atoms with Crippen molar-refractivity contribution < 1.29 is 27.6 Å². The SMILES string of the molecule is C[S+]([O-])CCN/C=C1/C=C(NC(=O)c2cccc(C(F)(F)F)n2)C(C(C)(C)O)=CC1=N. The van der Waals surface area contributed by atoms with Crippen molar-refractivity contribution in [3.05, 3.63) is 64.8 Å². The van der Waals surface area contributed by atoms with Crippen LogP contribution in [0.3, 0.4) is 0 Å². The number of allylic oxidation sites excluding steroid dienone is 3. The quantitative estimate of drug-likeness (QED) is 0.371. The lowest BCUT2D eigenvalue weighted by Gasteiger charge is -2.28. The highest BCUT2D eigenvalue weighted by Gasteiger charge is 2.33. The van der Waals surface area contributed by atoms with Crippen LogP contribution in [-0.4, -0.2) is 50.4 Å². The number of aliphatic hydroxyl groups is 1. The molecule has 1 aliphatic rings. The molecule has 31 heavy (non-hydrogen) atoms. The average Bonchev–Trinajstić information content (AvgIpc) is 2.65. The second-order valence-corrected chi connectivity index (χ2v) is 8.83. The van der Waals surface area contributed by atoms with Crippen molar-refractivity contribution in [1.82, 2.24) is 15.6 Å². The maximum Gasteiger partial charge on any atom is 0.433 e. The van der Waals surface area contributed by atoms with Crippen LogP contribution in [0.5, 0.6) is 0 Å². The van der Waals surface area contributed by atoms with E-state index in [0.717, 1.165) is 18.2 Å². The molecule has 11 heteroatoms. The standard InChI is InChI=1S/C20H23F3N4O3S/c1-19(2,29)13-10-14(24)12(11-25-7-8-31(3)30)9-16(13)27-18(28)15-5-4-6-17(26-15)20(21,22)23/h4-6,9-11,24-25,29H,7-8H2,1-3H3,(H,27,28)/b12-11-,24-14?. The lowest BCUT2D eigenvalue weighted by atomic mass is 9.87. The Bertz CT molecular complexity index is 948. The van der Waals surface area contributed by atoms with Crippen molar-refractivity contribution in [2.75, 3.05) is 18.6 Å². The van der Waals surface area contributed by atoms with Crippen LogP contribution < -0.4 is 10.6 Å². The van der Waals surface area contributed by atoms with E-state index < -0.39 is 40.2 Å². The van der Waals surface area contributed by atoms with Crippen molar-refractivity contribution in [1.29, 1.82) is 5.41 Å². The summed E-state index contributed by atoms with van der Waals surface area (Å²) in [4.78, 5) is 15.9. The molecule has 1 aromatic heterocycles. The third-order valence-electron chi connectivity index (χ3n) is 4.16. The Morgan fingerprint density at radius 1 is 1.32 bits per heavy atom. The van der Waals surface area contributed by atoms with E-state index in [-0.39, 0.29) is 17.0 Å². The second kappa shape index (κ2) is 9.67. The Kier molecular flexibility index (Phi) is 7.68. The van der Waals surface area contributed by atoms with Gasteiger partial charge in [0.15, 0.2) is 0 Å². The number of carbonyl (C=O) groups excluding carboxylic acids is 1. The molecule has 0 fully saturated rings. The lowest BCUT2D eigenvalue weighted by Crippen LogP contribution is -2.35. The highest BCUT2D eigenvalue weighted by Crippen LogP contribution is 2.29. The van der Waals surface area contributed by atoms with Crippen LogP contribution >= 0.6 is 0 Å². The molecule has 2 rings (SSSR count). The fourth-order valence-corrected chi connectivity index (χ4v) is 3.04. The van der Waals surface area contributed by atoms with Crippen molar-refractivity contribution in [3.63, 3.8) is 0 Å². The van der Waals surface area contributed by atoms with Gasteiger partial charge in [-0.15, -0.1) is 0 Å². The molecule has 0 bridgehead atoms. The molecular formula is C20H23F3N4O3S. The number of hydrogen-bond acceptors (Lipinski definition) is 6. The number of nitrogens with zero attached hydrogens (tertiary/aromatic N) is 1. The van der Waals surface area contributed by atoms with Crippen LogP contribution in [0.1, 0.15) is 30.0 Å². The molecule has 1 aliphatic carbocycles. The summed E-state index contributed by atoms with van der Waals surface area (Å²) in [6.45, 7) is 3.31. The predicted octanol–water partition coefficient (Wildman–Crippen LogP) is 2.30. The first-order chi connectivity index (χ1) is 14.3. The Morgan fingerprint density at radius 3 is 2.58 bits per heavy atom. The van der Waals surface area contributed by atoms with Gasteiger partial charge in [-0.2, -0.15) is 13.2 Å². The summed E-state index contributed by atoms with van der Waals surface area (Å²) in [7, 11) is 0. The second-order valence-electron chi connectivity index (χ2n) is 7.28. The van der Waals surface area contributed by atoms with Crippen molar-refractivity contribution >= 4 is 22.8 Å². The van der Waals surface area contributed by atoms with E-state index >= 15 is 0 Å². The molecule has 0 aliphatic heterocycles. The topological polar surface area (TPSA) is 121 Å². The van der Waals surface area contributed by atoms with E-state index in [0.29, 0.717) is 17.9 Å². The number of pyridine rings is 1. The Hall–Kier alpha value is -2.63. The first-order valence-corrected chi connectivity index (χ1v) is 10.9. The smallest absolute Gasteiger partial charge is 0.433 e. The van der Waals surface area contributed by atoms with Gasteiger partial charge < -0.3 is 25.7 Å². The van der Waals surface area contributed by atoms with Gasteiger partial charge >= 0.3 is 6.18 Å². The minimum absolute atomic E-state index is 0.0532. The molecule has 4 N–H and O–H groups in total. The van der Waals surface area contributed by atoms with Gasteiger partial charge in [0.25, 0.3) is 5.91 Å². The highest BCUT2D eigenvalue weighted by molar-refractivity contribution is 7.90. The summed E-state index contributed by atoms with van der Waals surface area (Å²) >= 11 is -0.993. The lowest BCUT2D eigenvalue weighted by molar-refractivity contribution is -0.141. The maximum atomic E-state index is 12.9. The summed E-state index contributed by atoms with van der Waals surface area (Å²) in [5.41, 5.74) is -2.33. The number of hydrogen-bond donors (Lipinski definition) is 4. The van der Waals surface area contributed by atoms with Gasteiger partial charge in [0, 0.05) is 23.0 Å².